The van der Waals surface area contributed by atoms with Gasteiger partial charge in [-0.05, 0) is 71.1 Å². The van der Waals surface area contributed by atoms with E-state index in [0.717, 1.165) is 11.1 Å². The van der Waals surface area contributed by atoms with Crippen LogP contribution in [0.2, 0.25) is 0 Å². The van der Waals surface area contributed by atoms with Crippen molar-refractivity contribution < 1.29 is 14.4 Å². The van der Waals surface area contributed by atoms with Crippen LogP contribution < -0.4 is 11.1 Å². The molecule has 1 unspecified atom stereocenters. The minimum atomic E-state index is -0.732. The molecule has 3 aromatic heterocycles. The molecule has 40 heavy (non-hydrogen) atoms. The Balaban J connectivity index is 1.44. The van der Waals surface area contributed by atoms with Gasteiger partial charge < -0.3 is 16.0 Å². The fourth-order valence-corrected chi connectivity index (χ4v) is 5.34. The van der Waals surface area contributed by atoms with Gasteiger partial charge in [-0.1, -0.05) is 19.1 Å². The van der Waals surface area contributed by atoms with Gasteiger partial charge in [-0.2, -0.15) is 5.10 Å². The number of fused-ring (bicyclic) bond motifs is 1. The van der Waals surface area contributed by atoms with Crippen LogP contribution in [0.15, 0.2) is 53.4 Å². The Kier molecular flexibility index (Phi) is 7.47. The number of nitrogens with two attached hydrogens (primary N) is 1. The third-order valence-electron chi connectivity index (χ3n) is 7.18. The zero-order chi connectivity index (χ0) is 28.6. The summed E-state index contributed by atoms with van der Waals surface area (Å²) < 4.78 is 2.11. The van der Waals surface area contributed by atoms with E-state index in [-0.39, 0.29) is 29.8 Å². The molecule has 1 fully saturated rings. The maximum atomic E-state index is 13.7. The minimum Gasteiger partial charge on any atom is -0.330 e. The first-order chi connectivity index (χ1) is 19.1. The second kappa shape index (κ2) is 10.9. The van der Waals surface area contributed by atoms with E-state index in [1.807, 2.05) is 32.0 Å². The van der Waals surface area contributed by atoms with Crippen LogP contribution in [0, 0.1) is 12.3 Å². The quantitative estimate of drug-likeness (QED) is 0.241. The highest BCUT2D eigenvalue weighted by Gasteiger charge is 2.45. The lowest BCUT2D eigenvalue weighted by Gasteiger charge is -2.24. The van der Waals surface area contributed by atoms with Crippen molar-refractivity contribution in [1.82, 2.24) is 29.6 Å². The Morgan fingerprint density at radius 3 is 2.58 bits per heavy atom. The van der Waals surface area contributed by atoms with Gasteiger partial charge in [-0.25, -0.2) is 15.0 Å². The summed E-state index contributed by atoms with van der Waals surface area (Å²) in [5.41, 5.74) is 8.15. The number of aromatic nitrogens is 5. The maximum absolute atomic E-state index is 13.7. The Labute approximate surface area is 239 Å². The number of carbonyl (C=O) groups is 3. The summed E-state index contributed by atoms with van der Waals surface area (Å²) in [5.74, 6) is 0.190. The molecular weight excluding hydrogens is 576 g/mol. The van der Waals surface area contributed by atoms with Gasteiger partial charge in [-0.3, -0.25) is 19.1 Å². The fraction of sp³-hybridized carbons (Fsp3) is 0.321. The number of likely N-dealkylation sites (tertiary alicyclic amines) is 1. The molecule has 1 saturated heterocycles. The lowest BCUT2D eigenvalue weighted by molar-refractivity contribution is -0.137. The van der Waals surface area contributed by atoms with Crippen molar-refractivity contribution in [2.24, 2.45) is 11.1 Å². The minimum absolute atomic E-state index is 0.143. The Bertz CT molecular complexity index is 1620. The predicted octanol–water partition coefficient (Wildman–Crippen LogP) is 3.37. The molecule has 2 atom stereocenters. The molecule has 0 aliphatic carbocycles. The van der Waals surface area contributed by atoms with E-state index >= 15 is 0 Å². The topological polar surface area (TPSA) is 149 Å². The molecule has 0 bridgehead atoms. The van der Waals surface area contributed by atoms with E-state index in [1.54, 1.807) is 35.5 Å². The molecule has 2 amide bonds. The molecule has 4 heterocycles. The van der Waals surface area contributed by atoms with Crippen LogP contribution in [0.25, 0.3) is 22.0 Å². The molecule has 206 valence electrons. The zero-order valence-corrected chi connectivity index (χ0v) is 24.0. The van der Waals surface area contributed by atoms with E-state index in [2.05, 4.69) is 41.3 Å². The monoisotopic (exact) mass is 604 g/mol. The van der Waals surface area contributed by atoms with Crippen molar-refractivity contribution in [1.29, 1.82) is 0 Å². The average molecular weight is 605 g/mol. The normalized spacial score (nSPS) is 18.7. The first kappa shape index (κ1) is 27.5. The summed E-state index contributed by atoms with van der Waals surface area (Å²) in [5, 5.41) is 7.94. The fourth-order valence-electron chi connectivity index (χ4n) is 4.99. The van der Waals surface area contributed by atoms with Gasteiger partial charge in [0.1, 0.15) is 34.5 Å². The SMILES string of the molecule is CC(=O)c1nn(CC(=O)N2CC(C)(CN)C[C@H]2C(=O)Nc2cccc(Br)n2)c2ccc(-c3cnc(C)nc3)cc12. The van der Waals surface area contributed by atoms with Crippen LogP contribution >= 0.6 is 15.9 Å². The molecule has 11 nitrogen and oxygen atoms in total. The Morgan fingerprint density at radius 2 is 1.90 bits per heavy atom. The number of benzene rings is 1. The van der Waals surface area contributed by atoms with E-state index in [1.165, 1.54) is 11.6 Å². The Morgan fingerprint density at radius 1 is 1.15 bits per heavy atom. The van der Waals surface area contributed by atoms with Crippen LogP contribution in [-0.4, -0.2) is 66.4 Å². The van der Waals surface area contributed by atoms with E-state index in [9.17, 15) is 14.4 Å². The number of Topliss-reactive ketones (excluding diaryl/α,β-unsaturated/α-hetero) is 1. The number of nitrogens with one attached hydrogen (secondary N) is 1. The van der Waals surface area contributed by atoms with E-state index < -0.39 is 11.5 Å². The lowest BCUT2D eigenvalue weighted by atomic mass is 9.88. The molecule has 5 rings (SSSR count). The molecule has 3 N–H and O–H groups in total. The molecule has 0 radical (unpaired) electrons. The first-order valence-electron chi connectivity index (χ1n) is 12.8. The van der Waals surface area contributed by atoms with Crippen molar-refractivity contribution in [3.05, 3.63) is 64.9 Å². The molecular formula is C28H29BrN8O3. The number of hydrogen-bond donors (Lipinski definition) is 2. The molecule has 12 heteroatoms. The number of amides is 2. The summed E-state index contributed by atoms with van der Waals surface area (Å²) in [6.07, 6.45) is 3.86. The number of nitrogens with zero attached hydrogens (tertiary/aromatic N) is 6. The van der Waals surface area contributed by atoms with Gasteiger partial charge in [0.05, 0.1) is 5.52 Å². The summed E-state index contributed by atoms with van der Waals surface area (Å²) in [7, 11) is 0. The van der Waals surface area contributed by atoms with Crippen LogP contribution in [-0.2, 0) is 16.1 Å². The third-order valence-corrected chi connectivity index (χ3v) is 7.62. The van der Waals surface area contributed by atoms with Crippen molar-refractivity contribution in [3.8, 4) is 11.1 Å². The lowest BCUT2D eigenvalue weighted by Crippen LogP contribution is -2.45. The molecule has 1 aliphatic heterocycles. The van der Waals surface area contributed by atoms with Crippen LogP contribution in [0.4, 0.5) is 5.82 Å². The van der Waals surface area contributed by atoms with E-state index in [0.29, 0.717) is 46.7 Å². The second-order valence-corrected chi connectivity index (χ2v) is 11.2. The number of carbonyl (C=O) groups excluding carboxylic acids is 3. The number of anilines is 1. The molecule has 4 aromatic rings. The van der Waals surface area contributed by atoms with Gasteiger partial charge in [0.15, 0.2) is 5.78 Å². The summed E-state index contributed by atoms with van der Waals surface area (Å²) in [4.78, 5) is 53.9. The van der Waals surface area contributed by atoms with Gasteiger partial charge in [0.25, 0.3) is 0 Å². The van der Waals surface area contributed by atoms with Crippen LogP contribution in [0.5, 0.6) is 0 Å². The van der Waals surface area contributed by atoms with Crippen molar-refractivity contribution in [2.75, 3.05) is 18.4 Å². The van der Waals surface area contributed by atoms with Crippen molar-refractivity contribution in [3.63, 3.8) is 0 Å². The van der Waals surface area contributed by atoms with Crippen LogP contribution in [0.3, 0.4) is 0 Å². The third kappa shape index (κ3) is 5.50. The number of pyridine rings is 1. The molecule has 0 spiro atoms. The van der Waals surface area contributed by atoms with E-state index in [4.69, 9.17) is 5.73 Å². The number of halogens is 1. The van der Waals surface area contributed by atoms with Gasteiger partial charge in [-0.15, -0.1) is 0 Å². The average Bonchev–Trinajstić information content (AvgIpc) is 3.47. The van der Waals surface area contributed by atoms with Gasteiger partial charge in [0, 0.05) is 36.8 Å². The summed E-state index contributed by atoms with van der Waals surface area (Å²) in [6, 6.07) is 10.0. The smallest absolute Gasteiger partial charge is 0.248 e. The number of hydrogen-bond acceptors (Lipinski definition) is 8. The molecule has 1 aliphatic rings. The molecule has 0 saturated carbocycles. The highest BCUT2D eigenvalue weighted by Crippen LogP contribution is 2.35. The zero-order valence-electron chi connectivity index (χ0n) is 22.4. The number of rotatable bonds is 7. The largest absolute Gasteiger partial charge is 0.330 e. The molecule has 1 aromatic carbocycles. The van der Waals surface area contributed by atoms with Gasteiger partial charge >= 0.3 is 0 Å². The van der Waals surface area contributed by atoms with Gasteiger partial charge in [0.2, 0.25) is 11.8 Å². The Hall–Kier alpha value is -4.03. The van der Waals surface area contributed by atoms with Crippen molar-refractivity contribution in [2.45, 2.75) is 39.8 Å². The second-order valence-electron chi connectivity index (χ2n) is 10.4. The number of ketones is 1. The highest BCUT2D eigenvalue weighted by molar-refractivity contribution is 9.10. The summed E-state index contributed by atoms with van der Waals surface area (Å²) in [6.45, 7) is 5.72. The summed E-state index contributed by atoms with van der Waals surface area (Å²) >= 11 is 3.31. The first-order valence-corrected chi connectivity index (χ1v) is 13.6. The van der Waals surface area contributed by atoms with Crippen LogP contribution in [0.1, 0.15) is 36.6 Å². The maximum Gasteiger partial charge on any atom is 0.248 e. The highest BCUT2D eigenvalue weighted by atomic mass is 79.9. The standard InChI is InChI=1S/C28H29BrN8O3/c1-16(38)26-20-9-18(19-11-31-17(2)32-12-19)7-8-21(20)37(35-26)13-25(39)36-15-28(3,14-30)10-22(36)27(40)34-24-6-4-5-23(29)33-24/h4-9,11-12,22H,10,13-15,30H2,1-3H3,(H,33,34,40)/t22-,28?/m0/s1. The van der Waals surface area contributed by atoms with Crippen molar-refractivity contribution >= 4 is 50.2 Å². The number of aryl methyl sites for hydroxylation is 1. The predicted molar refractivity (Wildman–Crippen MR) is 153 cm³/mol.